The quantitative estimate of drug-likeness (QED) is 0.575. The molecule has 32 heavy (non-hydrogen) atoms. The maximum Gasteiger partial charge on any atom is 0.337 e. The van der Waals surface area contributed by atoms with Crippen LogP contribution in [0.4, 0.5) is 0 Å². The average molecular weight is 456 g/mol. The summed E-state index contributed by atoms with van der Waals surface area (Å²) in [6.07, 6.45) is 0.635. The monoisotopic (exact) mass is 455 g/mol. The van der Waals surface area contributed by atoms with Crippen LogP contribution in [0.1, 0.15) is 45.8 Å². The fourth-order valence-electron chi connectivity index (χ4n) is 3.99. The van der Waals surface area contributed by atoms with Gasteiger partial charge in [-0.25, -0.2) is 17.9 Å². The van der Waals surface area contributed by atoms with Crippen molar-refractivity contribution in [3.63, 3.8) is 0 Å². The number of rotatable bonds is 5. The minimum Gasteiger partial charge on any atom is -0.465 e. The molecule has 1 aromatic heterocycles. The highest BCUT2D eigenvalue weighted by atomic mass is 32.2. The van der Waals surface area contributed by atoms with E-state index in [4.69, 9.17) is 4.74 Å². The van der Waals surface area contributed by atoms with E-state index in [0.29, 0.717) is 30.6 Å². The van der Waals surface area contributed by atoms with Gasteiger partial charge in [-0.05, 0) is 50.2 Å². The summed E-state index contributed by atoms with van der Waals surface area (Å²) in [5.41, 5.74) is 3.64. The van der Waals surface area contributed by atoms with Gasteiger partial charge in [-0.1, -0.05) is 6.07 Å². The van der Waals surface area contributed by atoms with Gasteiger partial charge in [-0.2, -0.15) is 0 Å². The molecule has 0 saturated carbocycles. The van der Waals surface area contributed by atoms with Gasteiger partial charge in [0.25, 0.3) is 5.91 Å². The zero-order valence-electron chi connectivity index (χ0n) is 18.1. The Morgan fingerprint density at radius 3 is 2.62 bits per heavy atom. The number of aromatic amines is 1. The van der Waals surface area contributed by atoms with Crippen LogP contribution in [0, 0.1) is 0 Å². The van der Waals surface area contributed by atoms with Gasteiger partial charge in [-0.15, -0.1) is 0 Å². The fourth-order valence-corrected chi connectivity index (χ4v) is 5.29. The van der Waals surface area contributed by atoms with Crippen LogP contribution in [0.25, 0.3) is 10.9 Å². The van der Waals surface area contributed by atoms with Gasteiger partial charge in [0.05, 0.1) is 17.6 Å². The summed E-state index contributed by atoms with van der Waals surface area (Å²) in [7, 11) is -2.36. The highest BCUT2D eigenvalue weighted by Gasteiger charge is 2.26. The molecule has 8 nitrogen and oxygen atoms in total. The van der Waals surface area contributed by atoms with E-state index in [1.54, 1.807) is 43.0 Å². The Bertz CT molecular complexity index is 1310. The van der Waals surface area contributed by atoms with E-state index >= 15 is 0 Å². The lowest BCUT2D eigenvalue weighted by molar-refractivity contribution is 0.0600. The summed E-state index contributed by atoms with van der Waals surface area (Å²) in [6, 6.07) is 11.1. The molecule has 9 heteroatoms. The molecular weight excluding hydrogens is 430 g/mol. The summed E-state index contributed by atoms with van der Waals surface area (Å²) < 4.78 is 32.4. The Labute approximate surface area is 186 Å². The highest BCUT2D eigenvalue weighted by molar-refractivity contribution is 7.89. The van der Waals surface area contributed by atoms with Gasteiger partial charge in [0.1, 0.15) is 0 Å². The molecule has 0 spiro atoms. The molecule has 168 valence electrons. The summed E-state index contributed by atoms with van der Waals surface area (Å²) in [4.78, 5) is 30.3. The van der Waals surface area contributed by atoms with Crippen molar-refractivity contribution in [3.05, 3.63) is 64.8 Å². The molecule has 0 bridgehead atoms. The zero-order valence-corrected chi connectivity index (χ0v) is 19.0. The first-order chi connectivity index (χ1) is 15.2. The van der Waals surface area contributed by atoms with Crippen molar-refractivity contribution in [2.24, 2.45) is 0 Å². The van der Waals surface area contributed by atoms with E-state index in [9.17, 15) is 18.0 Å². The zero-order chi connectivity index (χ0) is 23.0. The molecule has 0 aliphatic carbocycles. The van der Waals surface area contributed by atoms with Crippen molar-refractivity contribution in [1.29, 1.82) is 0 Å². The first-order valence-electron chi connectivity index (χ1n) is 10.3. The van der Waals surface area contributed by atoms with Crippen molar-refractivity contribution in [1.82, 2.24) is 14.6 Å². The second-order valence-electron chi connectivity index (χ2n) is 8.11. The average Bonchev–Trinajstić information content (AvgIpc) is 3.14. The molecule has 0 unspecified atom stereocenters. The summed E-state index contributed by atoms with van der Waals surface area (Å²) in [5, 5.41) is 0.873. The number of esters is 1. The van der Waals surface area contributed by atoms with Crippen LogP contribution >= 0.6 is 0 Å². The molecule has 0 atom stereocenters. The molecule has 1 amide bonds. The van der Waals surface area contributed by atoms with E-state index in [1.807, 2.05) is 6.07 Å². The number of hydrogen-bond donors (Lipinski definition) is 2. The second-order valence-corrected chi connectivity index (χ2v) is 9.83. The molecule has 1 aliphatic heterocycles. The number of H-pyrrole nitrogens is 1. The molecule has 4 rings (SSSR count). The number of benzene rings is 2. The van der Waals surface area contributed by atoms with Gasteiger partial charge in [0.15, 0.2) is 0 Å². The van der Waals surface area contributed by atoms with E-state index in [1.165, 1.54) is 19.2 Å². The van der Waals surface area contributed by atoms with Crippen molar-refractivity contribution in [2.45, 2.75) is 37.8 Å². The Morgan fingerprint density at radius 2 is 1.91 bits per heavy atom. The van der Waals surface area contributed by atoms with Gasteiger partial charge in [-0.3, -0.25) is 4.79 Å². The first-order valence-corrected chi connectivity index (χ1v) is 11.8. The van der Waals surface area contributed by atoms with Crippen LogP contribution in [0.2, 0.25) is 0 Å². The fraction of sp³-hybridized carbons (Fsp3) is 0.304. The lowest BCUT2D eigenvalue weighted by Crippen LogP contribution is -2.36. The number of hydrogen-bond acceptors (Lipinski definition) is 5. The van der Waals surface area contributed by atoms with Gasteiger partial charge >= 0.3 is 5.97 Å². The Hall–Kier alpha value is -3.17. The predicted octanol–water partition coefficient (Wildman–Crippen LogP) is 2.84. The van der Waals surface area contributed by atoms with Crippen LogP contribution in [-0.2, 0) is 27.7 Å². The molecule has 3 aromatic rings. The molecule has 0 saturated heterocycles. The van der Waals surface area contributed by atoms with Crippen LogP contribution < -0.4 is 4.72 Å². The van der Waals surface area contributed by atoms with Crippen LogP contribution in [0.3, 0.4) is 0 Å². The standard InChI is InChI=1S/C23H25N3O5S/c1-14(2)25-32(29,30)17-6-4-5-15(11-17)22(27)26-10-9-21-19(13-26)18-12-16(23(28)31-3)7-8-20(18)24-21/h4-8,11-12,14,24-25H,9-10,13H2,1-3H3. The number of sulfonamides is 1. The molecule has 2 aromatic carbocycles. The van der Waals surface area contributed by atoms with E-state index in [2.05, 4.69) is 9.71 Å². The number of nitrogens with zero attached hydrogens (tertiary/aromatic N) is 1. The lowest BCUT2D eigenvalue weighted by Gasteiger charge is -2.27. The Balaban J connectivity index is 1.63. The van der Waals surface area contributed by atoms with E-state index < -0.39 is 16.0 Å². The number of fused-ring (bicyclic) bond motifs is 3. The number of amides is 1. The van der Waals surface area contributed by atoms with Gasteiger partial charge < -0.3 is 14.6 Å². The minimum absolute atomic E-state index is 0.0598. The third-order valence-electron chi connectivity index (χ3n) is 5.47. The third-order valence-corrected chi connectivity index (χ3v) is 7.12. The Kier molecular flexibility index (Phi) is 5.79. The molecule has 0 fully saturated rings. The summed E-state index contributed by atoms with van der Waals surface area (Å²) in [5.74, 6) is -0.658. The van der Waals surface area contributed by atoms with Crippen LogP contribution in [-0.4, -0.2) is 49.9 Å². The molecule has 0 radical (unpaired) electrons. The van der Waals surface area contributed by atoms with Crippen LogP contribution in [0.15, 0.2) is 47.4 Å². The number of ether oxygens (including phenoxy) is 1. The second kappa shape index (κ2) is 8.40. The largest absolute Gasteiger partial charge is 0.465 e. The number of carbonyl (C=O) groups is 2. The smallest absolute Gasteiger partial charge is 0.337 e. The van der Waals surface area contributed by atoms with Gasteiger partial charge in [0, 0.05) is 53.3 Å². The minimum atomic E-state index is -3.70. The van der Waals surface area contributed by atoms with Crippen molar-refractivity contribution in [3.8, 4) is 0 Å². The summed E-state index contributed by atoms with van der Waals surface area (Å²) >= 11 is 0. The Morgan fingerprint density at radius 1 is 1.12 bits per heavy atom. The van der Waals surface area contributed by atoms with Crippen LogP contribution in [0.5, 0.6) is 0 Å². The predicted molar refractivity (Wildman–Crippen MR) is 120 cm³/mol. The normalized spacial score (nSPS) is 13.9. The maximum absolute atomic E-state index is 13.2. The van der Waals surface area contributed by atoms with Gasteiger partial charge in [0.2, 0.25) is 10.0 Å². The lowest BCUT2D eigenvalue weighted by atomic mass is 10.0. The summed E-state index contributed by atoms with van der Waals surface area (Å²) in [6.45, 7) is 4.35. The topological polar surface area (TPSA) is 109 Å². The molecule has 1 aliphatic rings. The SMILES string of the molecule is COC(=O)c1ccc2[nH]c3c(c2c1)CN(C(=O)c1cccc(S(=O)(=O)NC(C)C)c1)CC3. The number of aromatic nitrogens is 1. The molecule has 2 heterocycles. The maximum atomic E-state index is 13.2. The van der Waals surface area contributed by atoms with Crippen molar-refractivity contribution in [2.75, 3.05) is 13.7 Å². The first kappa shape index (κ1) is 22.0. The van der Waals surface area contributed by atoms with E-state index in [-0.39, 0.29) is 16.8 Å². The van der Waals surface area contributed by atoms with E-state index in [0.717, 1.165) is 22.2 Å². The number of methoxy groups -OCH3 is 1. The highest BCUT2D eigenvalue weighted by Crippen LogP contribution is 2.29. The molecular formula is C23H25N3O5S. The van der Waals surface area contributed by atoms with Crippen molar-refractivity contribution < 1.29 is 22.7 Å². The number of nitrogens with one attached hydrogen (secondary N) is 2. The number of carbonyl (C=O) groups excluding carboxylic acids is 2. The molecule has 2 N–H and O–H groups in total. The van der Waals surface area contributed by atoms with Crippen molar-refractivity contribution >= 4 is 32.8 Å². The third kappa shape index (κ3) is 4.13.